The molecule has 3 heterocycles. The molecule has 6 heteroatoms. The maximum Gasteiger partial charge on any atom is 0.258 e. The molecule has 1 N–H and O–H groups in total. The summed E-state index contributed by atoms with van der Waals surface area (Å²) in [5, 5.41) is 10.4. The van der Waals surface area contributed by atoms with E-state index in [0.717, 1.165) is 18.7 Å². The molecule has 0 bridgehead atoms. The fourth-order valence-electron chi connectivity index (χ4n) is 2.69. The zero-order chi connectivity index (χ0) is 15.0. The van der Waals surface area contributed by atoms with Crippen molar-refractivity contribution in [2.45, 2.75) is 26.0 Å². The molecule has 0 amide bonds. The van der Waals surface area contributed by atoms with Gasteiger partial charge in [0.25, 0.3) is 5.56 Å². The second-order valence-electron chi connectivity index (χ2n) is 5.73. The van der Waals surface area contributed by atoms with Crippen molar-refractivity contribution in [3.05, 3.63) is 45.5 Å². The van der Waals surface area contributed by atoms with E-state index in [2.05, 4.69) is 16.8 Å². The minimum Gasteiger partial charge on any atom is -0.392 e. The number of pyridine rings is 1. The predicted molar refractivity (Wildman–Crippen MR) is 81.5 cm³/mol. The largest absolute Gasteiger partial charge is 0.392 e. The maximum atomic E-state index is 12.1. The molecular formula is C15H18ClN3O2. The fourth-order valence-corrected chi connectivity index (χ4v) is 2.85. The molecule has 0 aromatic carbocycles. The smallest absolute Gasteiger partial charge is 0.258 e. The third-order valence-corrected chi connectivity index (χ3v) is 4.29. The zero-order valence-electron chi connectivity index (χ0n) is 11.9. The van der Waals surface area contributed by atoms with Gasteiger partial charge in [0.1, 0.15) is 5.65 Å². The summed E-state index contributed by atoms with van der Waals surface area (Å²) in [6.07, 6.45) is 2.23. The molecule has 5 nitrogen and oxygen atoms in total. The van der Waals surface area contributed by atoms with E-state index in [1.807, 2.05) is 0 Å². The van der Waals surface area contributed by atoms with Crippen LogP contribution < -0.4 is 5.56 Å². The van der Waals surface area contributed by atoms with Gasteiger partial charge in [-0.05, 0) is 31.0 Å². The normalized spacial score (nSPS) is 23.6. The molecule has 0 spiro atoms. The van der Waals surface area contributed by atoms with Crippen molar-refractivity contribution >= 4 is 17.2 Å². The molecule has 1 saturated heterocycles. The van der Waals surface area contributed by atoms with Crippen molar-refractivity contribution in [3.8, 4) is 0 Å². The van der Waals surface area contributed by atoms with Crippen molar-refractivity contribution in [3.63, 3.8) is 0 Å². The average molecular weight is 308 g/mol. The molecule has 21 heavy (non-hydrogen) atoms. The van der Waals surface area contributed by atoms with Crippen molar-refractivity contribution in [1.82, 2.24) is 14.3 Å². The molecule has 0 saturated carbocycles. The lowest BCUT2D eigenvalue weighted by Gasteiger charge is -2.33. The Morgan fingerprint density at radius 2 is 2.29 bits per heavy atom. The monoisotopic (exact) mass is 307 g/mol. The van der Waals surface area contributed by atoms with Crippen LogP contribution in [0.2, 0.25) is 5.02 Å². The lowest BCUT2D eigenvalue weighted by atomic mass is 9.96. The summed E-state index contributed by atoms with van der Waals surface area (Å²) in [5.74, 6) is 0.332. The molecule has 1 fully saturated rings. The minimum absolute atomic E-state index is 0.136. The van der Waals surface area contributed by atoms with Crippen molar-refractivity contribution in [2.24, 2.45) is 5.92 Å². The Balaban J connectivity index is 1.85. The second-order valence-corrected chi connectivity index (χ2v) is 6.17. The van der Waals surface area contributed by atoms with Crippen LogP contribution in [0.25, 0.3) is 5.65 Å². The van der Waals surface area contributed by atoms with Gasteiger partial charge in [-0.15, -0.1) is 0 Å². The second kappa shape index (κ2) is 5.75. The van der Waals surface area contributed by atoms with Gasteiger partial charge in [-0.25, -0.2) is 4.98 Å². The Bertz CT molecular complexity index is 716. The van der Waals surface area contributed by atoms with Crippen LogP contribution in [0, 0.1) is 5.92 Å². The lowest BCUT2D eigenvalue weighted by Crippen LogP contribution is -2.42. The first-order valence-corrected chi connectivity index (χ1v) is 7.49. The number of nitrogens with zero attached hydrogens (tertiary/aromatic N) is 3. The minimum atomic E-state index is -0.306. The van der Waals surface area contributed by atoms with Crippen molar-refractivity contribution in [1.29, 1.82) is 0 Å². The Hall–Kier alpha value is -1.43. The van der Waals surface area contributed by atoms with Crippen molar-refractivity contribution < 1.29 is 5.11 Å². The van der Waals surface area contributed by atoms with Crippen LogP contribution in [-0.2, 0) is 6.54 Å². The van der Waals surface area contributed by atoms with E-state index < -0.39 is 0 Å². The number of β-amino-alcohol motifs (C(OH)–C–C–N with tert-alkyl or cyclic N) is 1. The summed E-state index contributed by atoms with van der Waals surface area (Å²) >= 11 is 5.89. The van der Waals surface area contributed by atoms with Gasteiger partial charge in [-0.3, -0.25) is 14.1 Å². The number of halogens is 1. The maximum absolute atomic E-state index is 12.1. The number of likely N-dealkylation sites (tertiary alicyclic amines) is 1. The molecule has 2 atom stereocenters. The quantitative estimate of drug-likeness (QED) is 0.914. The molecule has 2 unspecified atom stereocenters. The number of rotatable bonds is 2. The van der Waals surface area contributed by atoms with Gasteiger partial charge >= 0.3 is 0 Å². The van der Waals surface area contributed by atoms with E-state index in [0.29, 0.717) is 29.7 Å². The highest BCUT2D eigenvalue weighted by Gasteiger charge is 2.24. The van der Waals surface area contributed by atoms with Crippen LogP contribution in [0.5, 0.6) is 0 Å². The van der Waals surface area contributed by atoms with Gasteiger partial charge in [0.05, 0.1) is 16.8 Å². The van der Waals surface area contributed by atoms with Crippen LogP contribution in [0.15, 0.2) is 29.2 Å². The molecule has 2 aromatic rings. The Labute approximate surface area is 127 Å². The van der Waals surface area contributed by atoms with E-state index in [9.17, 15) is 9.90 Å². The number of hydrogen-bond donors (Lipinski definition) is 1. The number of fused-ring (bicyclic) bond motifs is 1. The first-order chi connectivity index (χ1) is 10.0. The third-order valence-electron chi connectivity index (χ3n) is 4.06. The van der Waals surface area contributed by atoms with E-state index >= 15 is 0 Å². The van der Waals surface area contributed by atoms with Gasteiger partial charge in [-0.2, -0.15) is 0 Å². The lowest BCUT2D eigenvalue weighted by molar-refractivity contribution is 0.0254. The molecular weight excluding hydrogens is 290 g/mol. The van der Waals surface area contributed by atoms with Crippen LogP contribution in [0.3, 0.4) is 0 Å². The van der Waals surface area contributed by atoms with Crippen LogP contribution in [0.4, 0.5) is 0 Å². The van der Waals surface area contributed by atoms with Gasteiger partial charge in [0.2, 0.25) is 0 Å². The number of aromatic nitrogens is 2. The van der Waals surface area contributed by atoms with Gasteiger partial charge in [0, 0.05) is 25.4 Å². The highest BCUT2D eigenvalue weighted by Crippen LogP contribution is 2.18. The van der Waals surface area contributed by atoms with Crippen molar-refractivity contribution in [2.75, 3.05) is 13.1 Å². The summed E-state index contributed by atoms with van der Waals surface area (Å²) in [5.41, 5.74) is 1.18. The van der Waals surface area contributed by atoms with Crippen LogP contribution in [0.1, 0.15) is 19.0 Å². The molecule has 112 valence electrons. The van der Waals surface area contributed by atoms with E-state index in [-0.39, 0.29) is 11.7 Å². The van der Waals surface area contributed by atoms with E-state index in [1.54, 1.807) is 18.3 Å². The van der Waals surface area contributed by atoms with Crippen LogP contribution >= 0.6 is 11.6 Å². The number of aliphatic hydroxyl groups excluding tert-OH is 1. The Morgan fingerprint density at radius 1 is 1.48 bits per heavy atom. The SMILES string of the molecule is CC1CCN(Cc2cc(=O)n3cc(Cl)ccc3n2)CC1O. The number of piperidine rings is 1. The first-order valence-electron chi connectivity index (χ1n) is 7.11. The molecule has 1 aliphatic heterocycles. The summed E-state index contributed by atoms with van der Waals surface area (Å²) in [7, 11) is 0. The standard InChI is InChI=1S/C15H18ClN3O2/c1-10-4-5-18(9-13(10)20)8-12-6-15(21)19-7-11(16)2-3-14(19)17-12/h2-3,6-7,10,13,20H,4-5,8-9H2,1H3. The number of aliphatic hydroxyl groups is 1. The third kappa shape index (κ3) is 3.10. The average Bonchev–Trinajstić information content (AvgIpc) is 2.44. The van der Waals surface area contributed by atoms with Gasteiger partial charge in [0.15, 0.2) is 0 Å². The Kier molecular flexibility index (Phi) is 3.97. The molecule has 0 radical (unpaired) electrons. The topological polar surface area (TPSA) is 57.8 Å². The first kappa shape index (κ1) is 14.5. The summed E-state index contributed by atoms with van der Waals surface area (Å²) in [4.78, 5) is 18.7. The van der Waals surface area contributed by atoms with E-state index in [4.69, 9.17) is 11.6 Å². The molecule has 2 aromatic heterocycles. The summed E-state index contributed by atoms with van der Waals surface area (Å²) in [6, 6.07) is 4.99. The van der Waals surface area contributed by atoms with E-state index in [1.165, 1.54) is 10.5 Å². The summed E-state index contributed by atoms with van der Waals surface area (Å²) in [6.45, 7) is 4.19. The number of hydrogen-bond acceptors (Lipinski definition) is 4. The highest BCUT2D eigenvalue weighted by atomic mass is 35.5. The molecule has 1 aliphatic rings. The predicted octanol–water partition coefficient (Wildman–Crippen LogP) is 1.55. The van der Waals surface area contributed by atoms with Crippen LogP contribution in [-0.4, -0.2) is 38.6 Å². The fraction of sp³-hybridized carbons (Fsp3) is 0.467. The zero-order valence-corrected chi connectivity index (χ0v) is 12.6. The van der Waals surface area contributed by atoms with Gasteiger partial charge < -0.3 is 5.11 Å². The summed E-state index contributed by atoms with van der Waals surface area (Å²) < 4.78 is 1.44. The van der Waals surface area contributed by atoms with Gasteiger partial charge in [-0.1, -0.05) is 18.5 Å². The molecule has 3 rings (SSSR count). The highest BCUT2D eigenvalue weighted by molar-refractivity contribution is 6.30. The Morgan fingerprint density at radius 3 is 3.05 bits per heavy atom. The molecule has 0 aliphatic carbocycles.